The predicted octanol–water partition coefficient (Wildman–Crippen LogP) is 4.76. The van der Waals surface area contributed by atoms with Crippen LogP contribution in [0.4, 0.5) is 18.9 Å². The van der Waals surface area contributed by atoms with Crippen LogP contribution in [0.3, 0.4) is 0 Å². The van der Waals surface area contributed by atoms with Crippen molar-refractivity contribution in [3.8, 4) is 11.5 Å². The van der Waals surface area contributed by atoms with Crippen LogP contribution in [0.15, 0.2) is 36.4 Å². The summed E-state index contributed by atoms with van der Waals surface area (Å²) in [4.78, 5) is 12.5. The molecule has 0 unspecified atom stereocenters. The summed E-state index contributed by atoms with van der Waals surface area (Å²) >= 11 is 0. The molecule has 26 heavy (non-hydrogen) atoms. The summed E-state index contributed by atoms with van der Waals surface area (Å²) in [6, 6.07) is 9.53. The van der Waals surface area contributed by atoms with Crippen molar-refractivity contribution in [1.82, 2.24) is 0 Å². The van der Waals surface area contributed by atoms with Crippen molar-refractivity contribution in [2.75, 3.05) is 19.5 Å². The van der Waals surface area contributed by atoms with Crippen molar-refractivity contribution < 1.29 is 27.4 Å². The van der Waals surface area contributed by atoms with E-state index in [1.54, 1.807) is 30.3 Å². The number of amides is 1. The standard InChI is InChI=1S/C19H20F3NO3/c1-12-16(25-2)10-14(11-17(12)26-3)18(24)23-15-6-4-5-13(9-15)7-8-19(20,21)22/h4-6,9-11H,7-8H2,1-3H3,(H,23,24). The van der Waals surface area contributed by atoms with E-state index >= 15 is 0 Å². The minimum absolute atomic E-state index is 0.139. The highest BCUT2D eigenvalue weighted by Gasteiger charge is 2.26. The van der Waals surface area contributed by atoms with Gasteiger partial charge in [-0.15, -0.1) is 0 Å². The van der Waals surface area contributed by atoms with E-state index in [2.05, 4.69) is 5.32 Å². The lowest BCUT2D eigenvalue weighted by Crippen LogP contribution is -2.13. The molecule has 0 aromatic heterocycles. The summed E-state index contributed by atoms with van der Waals surface area (Å²) < 4.78 is 47.6. The number of anilines is 1. The van der Waals surface area contributed by atoms with Gasteiger partial charge in [-0.05, 0) is 43.2 Å². The average Bonchev–Trinajstić information content (AvgIpc) is 2.60. The van der Waals surface area contributed by atoms with Crippen molar-refractivity contribution in [3.63, 3.8) is 0 Å². The topological polar surface area (TPSA) is 47.6 Å². The number of carbonyl (C=O) groups is 1. The molecule has 140 valence electrons. The van der Waals surface area contributed by atoms with Crippen molar-refractivity contribution in [3.05, 3.63) is 53.1 Å². The molecule has 7 heteroatoms. The second-order valence-electron chi connectivity index (χ2n) is 5.78. The number of carbonyl (C=O) groups excluding carboxylic acids is 1. The molecule has 0 aliphatic heterocycles. The van der Waals surface area contributed by atoms with Gasteiger partial charge in [0.05, 0.1) is 14.2 Å². The van der Waals surface area contributed by atoms with Crippen LogP contribution in [0.2, 0.25) is 0 Å². The number of benzene rings is 2. The molecule has 0 atom stereocenters. The Labute approximate surface area is 149 Å². The number of halogens is 3. The van der Waals surface area contributed by atoms with E-state index in [-0.39, 0.29) is 6.42 Å². The van der Waals surface area contributed by atoms with E-state index in [4.69, 9.17) is 9.47 Å². The van der Waals surface area contributed by atoms with Crippen LogP contribution in [0.1, 0.15) is 27.9 Å². The maximum atomic E-state index is 12.5. The van der Waals surface area contributed by atoms with E-state index in [1.807, 2.05) is 6.92 Å². The Balaban J connectivity index is 2.17. The number of ether oxygens (including phenoxy) is 2. The van der Waals surface area contributed by atoms with Gasteiger partial charge in [-0.3, -0.25) is 4.79 Å². The van der Waals surface area contributed by atoms with Gasteiger partial charge >= 0.3 is 6.18 Å². The molecule has 0 bridgehead atoms. The first kappa shape index (κ1) is 19.6. The van der Waals surface area contributed by atoms with Gasteiger partial charge < -0.3 is 14.8 Å². The number of nitrogens with one attached hydrogen (secondary N) is 1. The normalized spacial score (nSPS) is 11.2. The lowest BCUT2D eigenvalue weighted by molar-refractivity contribution is -0.134. The van der Waals surface area contributed by atoms with Crippen LogP contribution in [0, 0.1) is 6.92 Å². The molecule has 1 N–H and O–H groups in total. The van der Waals surface area contributed by atoms with Crippen LogP contribution >= 0.6 is 0 Å². The highest BCUT2D eigenvalue weighted by Crippen LogP contribution is 2.30. The smallest absolute Gasteiger partial charge is 0.389 e. The Morgan fingerprint density at radius 1 is 1.08 bits per heavy atom. The molecule has 0 fully saturated rings. The van der Waals surface area contributed by atoms with Gasteiger partial charge in [0, 0.05) is 23.2 Å². The Morgan fingerprint density at radius 3 is 2.23 bits per heavy atom. The Hall–Kier alpha value is -2.70. The van der Waals surface area contributed by atoms with Gasteiger partial charge in [-0.1, -0.05) is 12.1 Å². The summed E-state index contributed by atoms with van der Waals surface area (Å²) in [7, 11) is 2.99. The molecule has 2 aromatic carbocycles. The van der Waals surface area contributed by atoms with Crippen molar-refractivity contribution in [2.45, 2.75) is 25.9 Å². The van der Waals surface area contributed by atoms with Crippen LogP contribution in [0.5, 0.6) is 11.5 Å². The Bertz CT molecular complexity index is 763. The zero-order chi connectivity index (χ0) is 19.3. The van der Waals surface area contributed by atoms with Gasteiger partial charge in [0.15, 0.2) is 0 Å². The summed E-state index contributed by atoms with van der Waals surface area (Å²) in [6.07, 6.45) is -5.26. The molecule has 0 radical (unpaired) electrons. The van der Waals surface area contributed by atoms with Crippen molar-refractivity contribution >= 4 is 11.6 Å². The largest absolute Gasteiger partial charge is 0.496 e. The van der Waals surface area contributed by atoms with Gasteiger partial charge in [-0.25, -0.2) is 0 Å². The highest BCUT2D eigenvalue weighted by atomic mass is 19.4. The molecule has 0 heterocycles. The number of aryl methyl sites for hydroxylation is 1. The monoisotopic (exact) mass is 367 g/mol. The molecule has 0 spiro atoms. The zero-order valence-corrected chi connectivity index (χ0v) is 14.7. The van der Waals surface area contributed by atoms with Gasteiger partial charge in [0.25, 0.3) is 5.91 Å². The number of alkyl halides is 3. The van der Waals surface area contributed by atoms with Crippen LogP contribution in [0.25, 0.3) is 0 Å². The Kier molecular flexibility index (Phi) is 6.13. The number of methoxy groups -OCH3 is 2. The molecular weight excluding hydrogens is 347 g/mol. The van der Waals surface area contributed by atoms with Gasteiger partial charge in [0.1, 0.15) is 11.5 Å². The molecule has 0 saturated heterocycles. The molecule has 4 nitrogen and oxygen atoms in total. The third kappa shape index (κ3) is 5.15. The summed E-state index contributed by atoms with van der Waals surface area (Å²) in [5.41, 5.74) is 2.01. The molecule has 2 aromatic rings. The second kappa shape index (κ2) is 8.12. The fraction of sp³-hybridized carbons (Fsp3) is 0.316. The lowest BCUT2D eigenvalue weighted by Gasteiger charge is -2.13. The summed E-state index contributed by atoms with van der Waals surface area (Å²) in [6.45, 7) is 1.81. The fourth-order valence-electron chi connectivity index (χ4n) is 2.51. The highest BCUT2D eigenvalue weighted by molar-refractivity contribution is 6.05. The van der Waals surface area contributed by atoms with E-state index in [0.29, 0.717) is 28.3 Å². The minimum atomic E-state index is -4.21. The second-order valence-corrected chi connectivity index (χ2v) is 5.78. The maximum absolute atomic E-state index is 12.5. The summed E-state index contributed by atoms with van der Waals surface area (Å²) in [5, 5.41) is 2.69. The van der Waals surface area contributed by atoms with Crippen LogP contribution in [-0.2, 0) is 6.42 Å². The number of hydrogen-bond acceptors (Lipinski definition) is 3. The maximum Gasteiger partial charge on any atom is 0.389 e. The average molecular weight is 367 g/mol. The van der Waals surface area contributed by atoms with Crippen LogP contribution < -0.4 is 14.8 Å². The first-order valence-corrected chi connectivity index (χ1v) is 7.93. The van der Waals surface area contributed by atoms with E-state index in [0.717, 1.165) is 5.56 Å². The summed E-state index contributed by atoms with van der Waals surface area (Å²) in [5.74, 6) is 0.608. The van der Waals surface area contributed by atoms with Crippen LogP contribution in [-0.4, -0.2) is 26.3 Å². The quantitative estimate of drug-likeness (QED) is 0.801. The minimum Gasteiger partial charge on any atom is -0.496 e. The zero-order valence-electron chi connectivity index (χ0n) is 14.7. The SMILES string of the molecule is COc1cc(C(=O)Nc2cccc(CCC(F)(F)F)c2)cc(OC)c1C. The predicted molar refractivity (Wildman–Crippen MR) is 93.1 cm³/mol. The molecule has 0 aliphatic carbocycles. The molecular formula is C19H20F3NO3. The third-order valence-corrected chi connectivity index (χ3v) is 3.90. The Morgan fingerprint density at radius 2 is 1.69 bits per heavy atom. The first-order valence-electron chi connectivity index (χ1n) is 7.93. The third-order valence-electron chi connectivity index (χ3n) is 3.90. The molecule has 0 aliphatic rings. The van der Waals surface area contributed by atoms with E-state index in [9.17, 15) is 18.0 Å². The van der Waals surface area contributed by atoms with Gasteiger partial charge in [-0.2, -0.15) is 13.2 Å². The first-order chi connectivity index (χ1) is 12.2. The number of rotatable bonds is 6. The van der Waals surface area contributed by atoms with Gasteiger partial charge in [0.2, 0.25) is 0 Å². The van der Waals surface area contributed by atoms with E-state index in [1.165, 1.54) is 20.3 Å². The van der Waals surface area contributed by atoms with Crippen molar-refractivity contribution in [1.29, 1.82) is 0 Å². The molecule has 0 saturated carbocycles. The molecule has 1 amide bonds. The lowest BCUT2D eigenvalue weighted by atomic mass is 10.1. The van der Waals surface area contributed by atoms with E-state index < -0.39 is 18.5 Å². The fourth-order valence-corrected chi connectivity index (χ4v) is 2.51. The van der Waals surface area contributed by atoms with Crippen molar-refractivity contribution in [2.24, 2.45) is 0 Å². The molecule has 2 rings (SSSR count). The number of hydrogen-bond donors (Lipinski definition) is 1.